The van der Waals surface area contributed by atoms with E-state index in [0.717, 1.165) is 16.6 Å². The number of amides is 2. The topological polar surface area (TPSA) is 153 Å². The maximum absolute atomic E-state index is 13.1. The number of hydrogen-bond donors (Lipinski definition) is 3. The molecule has 1 aromatic carbocycles. The molecule has 10 nitrogen and oxygen atoms in total. The first-order valence-electron chi connectivity index (χ1n) is 10.0. The molecule has 2 atom stereocenters. The van der Waals surface area contributed by atoms with Crippen molar-refractivity contribution in [2.45, 2.75) is 44.9 Å². The van der Waals surface area contributed by atoms with Crippen LogP contribution < -0.4 is 16.8 Å². The summed E-state index contributed by atoms with van der Waals surface area (Å²) in [6.45, 7) is 2.30. The summed E-state index contributed by atoms with van der Waals surface area (Å²) in [7, 11) is 0. The zero-order valence-corrected chi connectivity index (χ0v) is 18.1. The van der Waals surface area contributed by atoms with Crippen LogP contribution in [-0.4, -0.2) is 59.0 Å². The minimum atomic E-state index is -0.852. The fraction of sp³-hybridized carbons (Fsp3) is 0.450. The molecule has 0 spiro atoms. The van der Waals surface area contributed by atoms with Crippen molar-refractivity contribution in [3.8, 4) is 0 Å². The largest absolute Gasteiger partial charge is 0.425 e. The van der Waals surface area contributed by atoms with Gasteiger partial charge in [0.05, 0.1) is 16.3 Å². The summed E-state index contributed by atoms with van der Waals surface area (Å²) < 4.78 is 6.31. The van der Waals surface area contributed by atoms with Crippen molar-refractivity contribution < 1.29 is 19.1 Å². The number of aromatic nitrogens is 1. The van der Waals surface area contributed by atoms with Gasteiger partial charge >= 0.3 is 6.09 Å². The molecule has 1 aromatic heterocycles. The number of rotatable bonds is 8. The van der Waals surface area contributed by atoms with Gasteiger partial charge in [-0.15, -0.1) is 11.3 Å². The lowest BCUT2D eigenvalue weighted by molar-refractivity contribution is -0.135. The minimum Gasteiger partial charge on any atom is -0.425 e. The molecule has 1 saturated heterocycles. The third kappa shape index (κ3) is 5.91. The second-order valence-corrected chi connectivity index (χ2v) is 8.24. The van der Waals surface area contributed by atoms with Gasteiger partial charge in [0.15, 0.2) is 17.2 Å². The lowest BCUT2D eigenvalue weighted by atomic mass is 10.1. The number of fused-ring (bicyclic) bond motifs is 1. The molecule has 1 aliphatic rings. The maximum Gasteiger partial charge on any atom is 0.409 e. The molecule has 166 valence electrons. The standard InChI is InChI=1S/C20H26N6O4S/c1-12(27)26-11-5-9-16(26)30-20(29)25-14(7-4-10-23-19(21)22)17(28)18-24-13-6-2-3-8-15(13)31-18/h2-3,6,8,14,16H,4-5,7,9-11H2,1H3,(H,25,29)(H4,21,22,23)/t14-,16+/m0/s1. The normalized spacial score (nSPS) is 16.7. The number of aliphatic imine (C=N–C) groups is 1. The first-order chi connectivity index (χ1) is 14.8. The number of thiazole rings is 1. The van der Waals surface area contributed by atoms with Crippen molar-refractivity contribution in [3.05, 3.63) is 29.3 Å². The molecule has 31 heavy (non-hydrogen) atoms. The number of nitrogens with zero attached hydrogens (tertiary/aromatic N) is 3. The first kappa shape index (κ1) is 22.5. The average molecular weight is 447 g/mol. The first-order valence-corrected chi connectivity index (χ1v) is 10.9. The number of carbonyl (C=O) groups excluding carboxylic acids is 3. The highest BCUT2D eigenvalue weighted by atomic mass is 32.1. The molecule has 2 aromatic rings. The van der Waals surface area contributed by atoms with E-state index >= 15 is 0 Å². The monoisotopic (exact) mass is 446 g/mol. The van der Waals surface area contributed by atoms with Gasteiger partial charge in [-0.3, -0.25) is 14.6 Å². The van der Waals surface area contributed by atoms with E-state index in [-0.39, 0.29) is 17.6 Å². The number of guanidine groups is 1. The molecule has 11 heteroatoms. The van der Waals surface area contributed by atoms with Crippen LogP contribution in [0.15, 0.2) is 29.3 Å². The Bertz CT molecular complexity index is 954. The van der Waals surface area contributed by atoms with Crippen LogP contribution in [0.4, 0.5) is 4.79 Å². The van der Waals surface area contributed by atoms with Gasteiger partial charge in [0.1, 0.15) is 0 Å². The number of carbonyl (C=O) groups is 3. The third-order valence-corrected chi connectivity index (χ3v) is 5.95. The van der Waals surface area contributed by atoms with Crippen LogP contribution in [0, 0.1) is 0 Å². The predicted molar refractivity (Wildman–Crippen MR) is 118 cm³/mol. The van der Waals surface area contributed by atoms with Crippen LogP contribution in [0.5, 0.6) is 0 Å². The van der Waals surface area contributed by atoms with Crippen molar-refractivity contribution in [1.29, 1.82) is 0 Å². The summed E-state index contributed by atoms with van der Waals surface area (Å²) in [5.74, 6) is -0.501. The minimum absolute atomic E-state index is 0.0352. The van der Waals surface area contributed by atoms with Gasteiger partial charge in [-0.25, -0.2) is 9.78 Å². The molecule has 1 fully saturated rings. The summed E-state index contributed by atoms with van der Waals surface area (Å²) in [6.07, 6.45) is 0.722. The maximum atomic E-state index is 13.1. The molecular weight excluding hydrogens is 420 g/mol. The summed E-state index contributed by atoms with van der Waals surface area (Å²) >= 11 is 1.27. The highest BCUT2D eigenvalue weighted by Crippen LogP contribution is 2.24. The Kier molecular flexibility index (Phi) is 7.40. The Morgan fingerprint density at radius 1 is 1.35 bits per heavy atom. The van der Waals surface area contributed by atoms with Gasteiger partial charge in [0.25, 0.3) is 0 Å². The molecule has 0 bridgehead atoms. The summed E-state index contributed by atoms with van der Waals surface area (Å²) in [5, 5.41) is 2.95. The van der Waals surface area contributed by atoms with Crippen LogP contribution in [-0.2, 0) is 9.53 Å². The van der Waals surface area contributed by atoms with Gasteiger partial charge in [0.2, 0.25) is 11.7 Å². The summed E-state index contributed by atoms with van der Waals surface area (Å²) in [4.78, 5) is 47.1. The number of nitrogens with two attached hydrogens (primary N) is 2. The molecular formula is C20H26N6O4S. The van der Waals surface area contributed by atoms with E-state index in [9.17, 15) is 14.4 Å². The van der Waals surface area contributed by atoms with Gasteiger partial charge in [-0.05, 0) is 31.4 Å². The third-order valence-electron chi connectivity index (χ3n) is 4.90. The van der Waals surface area contributed by atoms with E-state index in [4.69, 9.17) is 16.2 Å². The average Bonchev–Trinajstić information content (AvgIpc) is 3.36. The molecule has 2 amide bonds. The number of alkyl carbamates (subject to hydrolysis) is 1. The Morgan fingerprint density at radius 2 is 2.13 bits per heavy atom. The summed E-state index contributed by atoms with van der Waals surface area (Å²) in [6, 6.07) is 6.58. The van der Waals surface area contributed by atoms with Crippen molar-refractivity contribution in [2.75, 3.05) is 13.1 Å². The number of ether oxygens (including phenoxy) is 1. The number of benzene rings is 1. The number of hydrogen-bond acceptors (Lipinski definition) is 7. The van der Waals surface area contributed by atoms with E-state index in [1.165, 1.54) is 23.2 Å². The zero-order valence-electron chi connectivity index (χ0n) is 17.2. The van der Waals surface area contributed by atoms with Crippen LogP contribution in [0.2, 0.25) is 0 Å². The SMILES string of the molecule is CC(=O)N1CCC[C@H]1OC(=O)N[C@@H](CCCN=C(N)N)C(=O)c1nc2ccccc2s1. The van der Waals surface area contributed by atoms with Crippen LogP contribution in [0.25, 0.3) is 10.2 Å². The predicted octanol–water partition coefficient (Wildman–Crippen LogP) is 1.60. The highest BCUT2D eigenvalue weighted by molar-refractivity contribution is 7.20. The summed E-state index contributed by atoms with van der Waals surface area (Å²) in [5.41, 5.74) is 11.4. The molecule has 3 rings (SSSR count). The lowest BCUT2D eigenvalue weighted by Gasteiger charge is -2.24. The van der Waals surface area contributed by atoms with Gasteiger partial charge < -0.3 is 26.4 Å². The van der Waals surface area contributed by atoms with Crippen molar-refractivity contribution >= 4 is 45.3 Å². The fourth-order valence-electron chi connectivity index (χ4n) is 3.42. The second-order valence-electron chi connectivity index (χ2n) is 7.21. The van der Waals surface area contributed by atoms with Crippen molar-refractivity contribution in [3.63, 3.8) is 0 Å². The second kappa shape index (κ2) is 10.2. The number of nitrogens with one attached hydrogen (secondary N) is 1. The highest BCUT2D eigenvalue weighted by Gasteiger charge is 2.31. The smallest absolute Gasteiger partial charge is 0.409 e. The fourth-order valence-corrected chi connectivity index (χ4v) is 4.38. The molecule has 0 radical (unpaired) electrons. The Labute approximate surface area is 183 Å². The number of likely N-dealkylation sites (tertiary alicyclic amines) is 1. The van der Waals surface area contributed by atoms with Crippen LogP contribution in [0.1, 0.15) is 42.4 Å². The van der Waals surface area contributed by atoms with E-state index in [1.54, 1.807) is 0 Å². The number of Topliss-reactive ketones (excluding diaryl/α,β-unsaturated/α-hetero) is 1. The Morgan fingerprint density at radius 3 is 2.84 bits per heavy atom. The van der Waals surface area contributed by atoms with E-state index in [1.807, 2.05) is 24.3 Å². The van der Waals surface area contributed by atoms with Gasteiger partial charge in [-0.2, -0.15) is 0 Å². The lowest BCUT2D eigenvalue weighted by Crippen LogP contribution is -2.45. The van der Waals surface area contributed by atoms with E-state index < -0.39 is 18.4 Å². The molecule has 0 saturated carbocycles. The van der Waals surface area contributed by atoms with E-state index in [2.05, 4.69) is 15.3 Å². The molecule has 1 aliphatic heterocycles. The quantitative estimate of drug-likeness (QED) is 0.241. The van der Waals surface area contributed by atoms with Crippen molar-refractivity contribution in [1.82, 2.24) is 15.2 Å². The Balaban J connectivity index is 1.70. The molecule has 5 N–H and O–H groups in total. The van der Waals surface area contributed by atoms with E-state index in [0.29, 0.717) is 37.4 Å². The number of para-hydroxylation sites is 1. The van der Waals surface area contributed by atoms with Gasteiger partial charge in [0, 0.05) is 26.4 Å². The molecule has 0 unspecified atom stereocenters. The van der Waals surface area contributed by atoms with Crippen LogP contribution >= 0.6 is 11.3 Å². The molecule has 0 aliphatic carbocycles. The Hall–Kier alpha value is -3.21. The van der Waals surface area contributed by atoms with Gasteiger partial charge in [-0.1, -0.05) is 12.1 Å². The number of ketones is 1. The molecule has 2 heterocycles. The van der Waals surface area contributed by atoms with Crippen LogP contribution in [0.3, 0.4) is 0 Å². The zero-order chi connectivity index (χ0) is 22.4. The van der Waals surface area contributed by atoms with Crippen molar-refractivity contribution in [2.24, 2.45) is 16.5 Å².